The van der Waals surface area contributed by atoms with Crippen molar-refractivity contribution in [3.63, 3.8) is 0 Å². The van der Waals surface area contributed by atoms with Gasteiger partial charge >= 0.3 is 0 Å². The molecule has 0 spiro atoms. The molecule has 0 bridgehead atoms. The van der Waals surface area contributed by atoms with Gasteiger partial charge in [-0.1, -0.05) is 34.4 Å². The van der Waals surface area contributed by atoms with Gasteiger partial charge in [0, 0.05) is 0 Å². The van der Waals surface area contributed by atoms with Crippen LogP contribution in [0.2, 0.25) is 0 Å². The molecule has 0 atom stereocenters. The molecule has 2 aromatic rings. The number of thioether (sulfide) groups is 1. The van der Waals surface area contributed by atoms with E-state index in [-0.39, 0.29) is 0 Å². The lowest BCUT2D eigenvalue weighted by Gasteiger charge is -1.81. The predicted octanol–water partition coefficient (Wildman–Crippen LogP) is 2.52. The molecule has 0 fully saturated rings. The fourth-order valence-electron chi connectivity index (χ4n) is 0.773. The van der Waals surface area contributed by atoms with Crippen LogP contribution in [0.5, 0.6) is 0 Å². The second-order valence-electron chi connectivity index (χ2n) is 2.21. The van der Waals surface area contributed by atoms with Crippen molar-refractivity contribution in [2.45, 2.75) is 10.2 Å². The molecule has 0 amide bonds. The minimum Gasteiger partial charge on any atom is -0.142 e. The Morgan fingerprint density at radius 3 is 2.43 bits per heavy atom. The van der Waals surface area contributed by atoms with E-state index in [0.29, 0.717) is 5.88 Å². The van der Waals surface area contributed by atoms with Crippen molar-refractivity contribution in [2.24, 2.45) is 0 Å². The smallest absolute Gasteiger partial charge is 0.142 e. The van der Waals surface area contributed by atoms with Crippen molar-refractivity contribution >= 4 is 46.0 Å². The summed E-state index contributed by atoms with van der Waals surface area (Å²) in [5.74, 6) is 0.395. The summed E-state index contributed by atoms with van der Waals surface area (Å²) < 4.78 is 0.933. The zero-order valence-corrected chi connectivity index (χ0v) is 10.3. The van der Waals surface area contributed by atoms with E-state index in [9.17, 15) is 0 Å². The topological polar surface area (TPSA) is 51.6 Å². The van der Waals surface area contributed by atoms with Gasteiger partial charge in [-0.3, -0.25) is 0 Å². The van der Waals surface area contributed by atoms with Crippen molar-refractivity contribution in [1.82, 2.24) is 20.4 Å². The largest absolute Gasteiger partial charge is 0.179 e. The van der Waals surface area contributed by atoms with Crippen LogP contribution in [0.4, 0.5) is 0 Å². The van der Waals surface area contributed by atoms with E-state index in [2.05, 4.69) is 20.4 Å². The fraction of sp³-hybridized carbons (Fsp3) is 0.333. The van der Waals surface area contributed by atoms with E-state index in [1.165, 1.54) is 22.7 Å². The van der Waals surface area contributed by atoms with Crippen LogP contribution in [-0.2, 0) is 5.88 Å². The van der Waals surface area contributed by atoms with Crippen LogP contribution in [0.1, 0.15) is 5.01 Å². The van der Waals surface area contributed by atoms with Gasteiger partial charge in [0.2, 0.25) is 0 Å². The number of rotatable bonds is 3. The molecule has 0 radical (unpaired) electrons. The first-order chi connectivity index (χ1) is 6.83. The molecule has 0 aliphatic carbocycles. The fourth-order valence-corrected chi connectivity index (χ4v) is 2.96. The summed E-state index contributed by atoms with van der Waals surface area (Å²) in [5.41, 5.74) is 0. The zero-order chi connectivity index (χ0) is 9.97. The maximum Gasteiger partial charge on any atom is 0.179 e. The van der Waals surface area contributed by atoms with Crippen LogP contribution in [0.15, 0.2) is 4.34 Å². The number of hydrogen-bond donors (Lipinski definition) is 0. The Hall–Kier alpha value is -0.240. The number of alkyl halides is 1. The Morgan fingerprint density at radius 1 is 1.14 bits per heavy atom. The Morgan fingerprint density at radius 2 is 1.86 bits per heavy atom. The summed E-state index contributed by atoms with van der Waals surface area (Å²) >= 11 is 10.2. The van der Waals surface area contributed by atoms with Gasteiger partial charge in [-0.25, -0.2) is 0 Å². The Kier molecular flexibility index (Phi) is 3.32. The summed E-state index contributed by atoms with van der Waals surface area (Å²) in [6, 6.07) is 0. The van der Waals surface area contributed by atoms with Crippen molar-refractivity contribution < 1.29 is 0 Å². The monoisotopic (exact) mass is 264 g/mol. The van der Waals surface area contributed by atoms with Crippen molar-refractivity contribution in [2.75, 3.05) is 6.26 Å². The Balaban J connectivity index is 2.29. The Labute approximate surface area is 97.7 Å². The lowest BCUT2D eigenvalue weighted by Crippen LogP contribution is -1.76. The van der Waals surface area contributed by atoms with Gasteiger partial charge in [-0.05, 0) is 6.26 Å². The molecule has 0 saturated carbocycles. The minimum absolute atomic E-state index is 0.395. The molecule has 8 heteroatoms. The Bertz CT molecular complexity index is 386. The van der Waals surface area contributed by atoms with Gasteiger partial charge in [0.05, 0.1) is 5.88 Å². The number of hydrogen-bond acceptors (Lipinski definition) is 7. The summed E-state index contributed by atoms with van der Waals surface area (Å²) in [5, 5.41) is 18.3. The first-order valence-corrected chi connectivity index (χ1v) is 6.99. The molecule has 0 aliphatic rings. The third kappa shape index (κ3) is 2.05. The van der Waals surface area contributed by atoms with Gasteiger partial charge in [0.1, 0.15) is 5.01 Å². The standard InChI is InChI=1S/C6H5ClN4S3/c1-12-6-11-10-5(14-6)4-9-8-3(2-7)13-4/h2H2,1H3. The quantitative estimate of drug-likeness (QED) is 0.630. The van der Waals surface area contributed by atoms with E-state index in [1.54, 1.807) is 11.8 Å². The number of halogens is 1. The van der Waals surface area contributed by atoms with Crippen LogP contribution in [0, 0.1) is 0 Å². The van der Waals surface area contributed by atoms with Crippen LogP contribution < -0.4 is 0 Å². The van der Waals surface area contributed by atoms with Crippen LogP contribution in [0.25, 0.3) is 10.0 Å². The minimum atomic E-state index is 0.395. The molecule has 0 aliphatic heterocycles. The molecule has 74 valence electrons. The first kappa shape index (κ1) is 10.3. The van der Waals surface area contributed by atoms with E-state index in [0.717, 1.165) is 19.4 Å². The van der Waals surface area contributed by atoms with E-state index in [1.807, 2.05) is 6.26 Å². The number of aromatic nitrogens is 4. The first-order valence-electron chi connectivity index (χ1n) is 3.59. The molecule has 0 N–H and O–H groups in total. The molecule has 0 unspecified atom stereocenters. The highest BCUT2D eigenvalue weighted by Gasteiger charge is 2.11. The van der Waals surface area contributed by atoms with Crippen LogP contribution >= 0.6 is 46.0 Å². The molecule has 14 heavy (non-hydrogen) atoms. The maximum atomic E-state index is 5.63. The molecule has 4 nitrogen and oxygen atoms in total. The van der Waals surface area contributed by atoms with E-state index in [4.69, 9.17) is 11.6 Å². The third-order valence-electron chi connectivity index (χ3n) is 1.35. The van der Waals surface area contributed by atoms with Gasteiger partial charge in [0.15, 0.2) is 14.4 Å². The van der Waals surface area contributed by atoms with E-state index >= 15 is 0 Å². The van der Waals surface area contributed by atoms with Crippen molar-refractivity contribution in [3.05, 3.63) is 5.01 Å². The summed E-state index contributed by atoms with van der Waals surface area (Å²) in [6.45, 7) is 0. The van der Waals surface area contributed by atoms with Crippen LogP contribution in [-0.4, -0.2) is 26.7 Å². The highest BCUT2D eigenvalue weighted by atomic mass is 35.5. The van der Waals surface area contributed by atoms with Crippen molar-refractivity contribution in [1.29, 1.82) is 0 Å². The lowest BCUT2D eigenvalue weighted by atomic mass is 10.8. The SMILES string of the molecule is CSc1nnc(-c2nnc(CCl)s2)s1. The van der Waals surface area contributed by atoms with Gasteiger partial charge in [-0.15, -0.1) is 32.0 Å². The average Bonchev–Trinajstić information content (AvgIpc) is 2.86. The van der Waals surface area contributed by atoms with Crippen molar-refractivity contribution in [3.8, 4) is 10.0 Å². The van der Waals surface area contributed by atoms with Crippen LogP contribution in [0.3, 0.4) is 0 Å². The zero-order valence-electron chi connectivity index (χ0n) is 7.10. The predicted molar refractivity (Wildman–Crippen MR) is 60.2 cm³/mol. The van der Waals surface area contributed by atoms with Gasteiger partial charge < -0.3 is 0 Å². The molecule has 2 aromatic heterocycles. The number of nitrogens with zero attached hydrogens (tertiary/aromatic N) is 4. The highest BCUT2D eigenvalue weighted by molar-refractivity contribution is 8.00. The molecular weight excluding hydrogens is 260 g/mol. The molecule has 0 aromatic carbocycles. The average molecular weight is 265 g/mol. The third-order valence-corrected chi connectivity index (χ3v) is 4.72. The maximum absolute atomic E-state index is 5.63. The second kappa shape index (κ2) is 4.52. The van der Waals surface area contributed by atoms with E-state index < -0.39 is 0 Å². The molecular formula is C6H5ClN4S3. The molecule has 0 saturated heterocycles. The summed E-state index contributed by atoms with van der Waals surface area (Å²) in [4.78, 5) is 0. The normalized spacial score (nSPS) is 10.7. The highest BCUT2D eigenvalue weighted by Crippen LogP contribution is 2.30. The molecule has 2 heterocycles. The summed E-state index contributed by atoms with van der Waals surface area (Å²) in [7, 11) is 0. The second-order valence-corrected chi connectivity index (χ2v) is 5.57. The lowest BCUT2D eigenvalue weighted by molar-refractivity contribution is 0.999. The molecule has 2 rings (SSSR count). The van der Waals surface area contributed by atoms with Gasteiger partial charge in [-0.2, -0.15) is 0 Å². The van der Waals surface area contributed by atoms with Gasteiger partial charge in [0.25, 0.3) is 0 Å². The summed E-state index contributed by atoms with van der Waals surface area (Å²) in [6.07, 6.45) is 1.97.